The Balaban J connectivity index is 2.10. The molecule has 1 N–H and O–H groups in total. The van der Waals surface area contributed by atoms with Gasteiger partial charge in [0.1, 0.15) is 0 Å². The van der Waals surface area contributed by atoms with Crippen LogP contribution in [0.2, 0.25) is 0 Å². The molecule has 0 aromatic heterocycles. The second-order valence-electron chi connectivity index (χ2n) is 10.4. The molecule has 0 aliphatic carbocycles. The molecule has 174 valence electrons. The number of nitrogens with zero attached hydrogens (tertiary/aromatic N) is 1. The zero-order valence-corrected chi connectivity index (χ0v) is 20.7. The first-order valence-corrected chi connectivity index (χ1v) is 12.1. The van der Waals surface area contributed by atoms with Crippen molar-refractivity contribution in [2.24, 2.45) is 5.41 Å². The van der Waals surface area contributed by atoms with Crippen LogP contribution in [-0.2, 0) is 10.3 Å². The third kappa shape index (κ3) is 4.77. The number of rotatable bonds is 8. The fourth-order valence-electron chi connectivity index (χ4n) is 5.43. The van der Waals surface area contributed by atoms with Gasteiger partial charge in [-0.1, -0.05) is 62.4 Å². The molecule has 0 amide bonds. The van der Waals surface area contributed by atoms with Crippen molar-refractivity contribution in [3.05, 3.63) is 71.8 Å². The molecule has 0 spiro atoms. The zero-order valence-electron chi connectivity index (χ0n) is 20.7. The maximum atomic E-state index is 13.4. The monoisotopic (exact) mass is 437 g/mol. The van der Waals surface area contributed by atoms with Crippen LogP contribution < -0.4 is 5.32 Å². The second kappa shape index (κ2) is 9.76. The number of benzene rings is 2. The molecule has 1 heterocycles. The van der Waals surface area contributed by atoms with Crippen molar-refractivity contribution in [2.45, 2.75) is 64.6 Å². The predicted molar refractivity (Wildman–Crippen MR) is 132 cm³/mol. The highest BCUT2D eigenvalue weighted by Crippen LogP contribution is 2.52. The quantitative estimate of drug-likeness (QED) is 0.444. The van der Waals surface area contributed by atoms with E-state index in [0.29, 0.717) is 17.6 Å². The highest BCUT2D eigenvalue weighted by molar-refractivity contribution is 5.89. The molecule has 0 saturated carbocycles. The summed E-state index contributed by atoms with van der Waals surface area (Å²) in [5, 5.41) is 3.82. The van der Waals surface area contributed by atoms with Crippen LogP contribution in [0, 0.1) is 5.41 Å². The summed E-state index contributed by atoms with van der Waals surface area (Å²) in [6.45, 7) is 10.8. The van der Waals surface area contributed by atoms with E-state index in [2.05, 4.69) is 71.4 Å². The van der Waals surface area contributed by atoms with Gasteiger partial charge >= 0.3 is 5.97 Å². The smallest absolute Gasteiger partial charge is 0.339 e. The molecule has 3 rings (SSSR count). The van der Waals surface area contributed by atoms with Crippen molar-refractivity contribution in [2.75, 3.05) is 27.2 Å². The maximum Gasteiger partial charge on any atom is 0.339 e. The Labute approximate surface area is 194 Å². The second-order valence-corrected chi connectivity index (χ2v) is 10.4. The van der Waals surface area contributed by atoms with E-state index in [-0.39, 0.29) is 11.4 Å². The Hall–Kier alpha value is -2.17. The van der Waals surface area contributed by atoms with Crippen molar-refractivity contribution >= 4 is 5.97 Å². The summed E-state index contributed by atoms with van der Waals surface area (Å²) < 4.78 is 7.54. The van der Waals surface area contributed by atoms with Gasteiger partial charge in [0.25, 0.3) is 0 Å². The molecule has 1 saturated heterocycles. The van der Waals surface area contributed by atoms with Crippen LogP contribution in [0.15, 0.2) is 60.7 Å². The highest BCUT2D eigenvalue weighted by Gasteiger charge is 2.61. The minimum Gasteiger partial charge on any atom is -0.449 e. The number of likely N-dealkylation sites (tertiary alicyclic amines) is 1. The lowest BCUT2D eigenvalue weighted by molar-refractivity contribution is -0.929. The fourth-order valence-corrected chi connectivity index (χ4v) is 5.43. The largest absolute Gasteiger partial charge is 0.449 e. The lowest BCUT2D eigenvalue weighted by Gasteiger charge is -2.58. The number of hydrogen-bond donors (Lipinski definition) is 1. The lowest BCUT2D eigenvalue weighted by atomic mass is 9.62. The number of hydrogen-bond acceptors (Lipinski definition) is 3. The molecule has 2 aromatic rings. The first kappa shape index (κ1) is 24.5. The topological polar surface area (TPSA) is 38.3 Å². The summed E-state index contributed by atoms with van der Waals surface area (Å²) in [7, 11) is 4.60. The molecule has 3 unspecified atom stereocenters. The van der Waals surface area contributed by atoms with Gasteiger partial charge in [-0.15, -0.1) is 0 Å². The molecule has 32 heavy (non-hydrogen) atoms. The number of piperidine rings is 1. The molecule has 4 heteroatoms. The molecule has 1 aliphatic heterocycles. The first-order chi connectivity index (χ1) is 15.2. The zero-order chi connectivity index (χ0) is 23.4. The summed E-state index contributed by atoms with van der Waals surface area (Å²) in [5.74, 6) is -0.248. The number of quaternary nitrogens is 1. The molecule has 1 fully saturated rings. The Morgan fingerprint density at radius 1 is 1.06 bits per heavy atom. The van der Waals surface area contributed by atoms with Gasteiger partial charge in [0, 0.05) is 19.0 Å². The van der Waals surface area contributed by atoms with Crippen molar-refractivity contribution in [3.63, 3.8) is 0 Å². The van der Waals surface area contributed by atoms with E-state index >= 15 is 0 Å². The number of carbonyl (C=O) groups excluding carboxylic acids is 1. The normalized spacial score (nSPS) is 27.3. The maximum absolute atomic E-state index is 13.4. The van der Waals surface area contributed by atoms with Crippen LogP contribution in [0.25, 0.3) is 0 Å². The summed E-state index contributed by atoms with van der Waals surface area (Å²) in [4.78, 5) is 13.4. The van der Waals surface area contributed by atoms with E-state index < -0.39 is 5.60 Å². The van der Waals surface area contributed by atoms with Gasteiger partial charge < -0.3 is 14.5 Å². The number of ether oxygens (including phenoxy) is 1. The molecular weight excluding hydrogens is 396 g/mol. The van der Waals surface area contributed by atoms with Gasteiger partial charge in [-0.3, -0.25) is 0 Å². The van der Waals surface area contributed by atoms with Gasteiger partial charge in [0.15, 0.2) is 5.60 Å². The summed E-state index contributed by atoms with van der Waals surface area (Å²) in [6.07, 6.45) is 2.95. The Kier molecular flexibility index (Phi) is 7.46. The SMILES string of the molecule is CCC(CC)NCC1(C)C[N+](C)(C)C(C)CC1(OC(=O)c1ccccc1)c1ccccc1. The molecule has 0 bridgehead atoms. The van der Waals surface area contributed by atoms with E-state index in [1.54, 1.807) is 0 Å². The standard InChI is InChI=1S/C28H41N2O2/c1-7-25(8-2)29-20-27(4)21-30(5,6)22(3)19-28(27,24-17-13-10-14-18-24)32-26(31)23-15-11-9-12-16-23/h9-18,22,25,29H,7-8,19-21H2,1-6H3/q+1. The summed E-state index contributed by atoms with van der Waals surface area (Å²) >= 11 is 0. The number of esters is 1. The minimum absolute atomic E-state index is 0.248. The first-order valence-electron chi connectivity index (χ1n) is 12.1. The van der Waals surface area contributed by atoms with Gasteiger partial charge in [-0.05, 0) is 44.4 Å². The predicted octanol–water partition coefficient (Wildman–Crippen LogP) is 5.39. The average Bonchev–Trinajstić information content (AvgIpc) is 2.79. The van der Waals surface area contributed by atoms with Crippen LogP contribution in [0.3, 0.4) is 0 Å². The Bertz CT molecular complexity index is 879. The molecule has 3 atom stereocenters. The van der Waals surface area contributed by atoms with Crippen LogP contribution in [0.5, 0.6) is 0 Å². The van der Waals surface area contributed by atoms with E-state index in [4.69, 9.17) is 4.74 Å². The molecule has 4 nitrogen and oxygen atoms in total. The van der Waals surface area contributed by atoms with Crippen molar-refractivity contribution in [3.8, 4) is 0 Å². The molecular formula is C28H41N2O2+. The van der Waals surface area contributed by atoms with E-state index in [1.807, 2.05) is 36.4 Å². The lowest BCUT2D eigenvalue weighted by Crippen LogP contribution is -2.69. The molecule has 0 radical (unpaired) electrons. The van der Waals surface area contributed by atoms with Crippen molar-refractivity contribution in [1.82, 2.24) is 5.32 Å². The average molecular weight is 438 g/mol. The van der Waals surface area contributed by atoms with Crippen LogP contribution in [0.4, 0.5) is 0 Å². The van der Waals surface area contributed by atoms with Crippen LogP contribution >= 0.6 is 0 Å². The van der Waals surface area contributed by atoms with Crippen LogP contribution in [-0.4, -0.2) is 49.7 Å². The highest BCUT2D eigenvalue weighted by atomic mass is 16.6. The van der Waals surface area contributed by atoms with Crippen molar-refractivity contribution in [1.29, 1.82) is 0 Å². The third-order valence-electron chi connectivity index (χ3n) is 7.79. The minimum atomic E-state index is -0.715. The third-order valence-corrected chi connectivity index (χ3v) is 7.79. The fraction of sp³-hybridized carbons (Fsp3) is 0.536. The Morgan fingerprint density at radius 2 is 1.62 bits per heavy atom. The number of carbonyl (C=O) groups is 1. The number of nitrogens with one attached hydrogen (secondary N) is 1. The molecule has 1 aliphatic rings. The van der Waals surface area contributed by atoms with Gasteiger partial charge in [0.2, 0.25) is 0 Å². The van der Waals surface area contributed by atoms with Crippen molar-refractivity contribution < 1.29 is 14.0 Å². The van der Waals surface area contributed by atoms with E-state index in [9.17, 15) is 4.79 Å². The van der Waals surface area contributed by atoms with Gasteiger partial charge in [0.05, 0.1) is 37.7 Å². The van der Waals surface area contributed by atoms with Crippen LogP contribution in [0.1, 0.15) is 62.9 Å². The molecule has 2 aromatic carbocycles. The summed E-state index contributed by atoms with van der Waals surface area (Å²) in [5.41, 5.74) is 0.694. The van der Waals surface area contributed by atoms with E-state index in [0.717, 1.165) is 42.4 Å². The van der Waals surface area contributed by atoms with Gasteiger partial charge in [-0.2, -0.15) is 0 Å². The Morgan fingerprint density at radius 3 is 2.19 bits per heavy atom. The van der Waals surface area contributed by atoms with Gasteiger partial charge in [-0.25, -0.2) is 4.79 Å². The van der Waals surface area contributed by atoms with E-state index in [1.165, 1.54) is 0 Å². The summed E-state index contributed by atoms with van der Waals surface area (Å²) in [6, 6.07) is 20.6.